The lowest BCUT2D eigenvalue weighted by Gasteiger charge is -2.09. The Bertz CT molecular complexity index is 650. The van der Waals surface area contributed by atoms with Crippen LogP contribution in [0.25, 0.3) is 5.78 Å². The van der Waals surface area contributed by atoms with E-state index in [1.807, 2.05) is 0 Å². The van der Waals surface area contributed by atoms with Gasteiger partial charge in [0.15, 0.2) is 0 Å². The van der Waals surface area contributed by atoms with Crippen molar-refractivity contribution in [3.63, 3.8) is 0 Å². The molecule has 110 valence electrons. The summed E-state index contributed by atoms with van der Waals surface area (Å²) in [5, 5.41) is 9.18. The fourth-order valence-electron chi connectivity index (χ4n) is 1.64. The van der Waals surface area contributed by atoms with E-state index in [1.54, 1.807) is 25.4 Å². The largest absolute Gasteiger partial charge is 0.335 e. The number of urea groups is 1. The molecule has 2 aromatic rings. The first-order chi connectivity index (χ1) is 10.1. The van der Waals surface area contributed by atoms with Crippen LogP contribution in [0.1, 0.15) is 19.8 Å². The fraction of sp³-hybridized carbons (Fsp3) is 0.417. The topological polar surface area (TPSA) is 101 Å². The summed E-state index contributed by atoms with van der Waals surface area (Å²) in [5.74, 6) is 0.101. The molecule has 9 heteroatoms. The van der Waals surface area contributed by atoms with Gasteiger partial charge in [-0.15, -0.1) is 5.10 Å². The highest BCUT2D eigenvalue weighted by Crippen LogP contribution is 2.20. The highest BCUT2D eigenvalue weighted by atomic mass is 32.2. The van der Waals surface area contributed by atoms with Crippen LogP contribution < -0.4 is 10.6 Å². The van der Waals surface area contributed by atoms with Gasteiger partial charge in [0.2, 0.25) is 11.1 Å². The fourth-order valence-corrected chi connectivity index (χ4v) is 2.39. The van der Waals surface area contributed by atoms with Gasteiger partial charge < -0.3 is 5.32 Å². The molecule has 0 aliphatic heterocycles. The van der Waals surface area contributed by atoms with Gasteiger partial charge in [0.1, 0.15) is 0 Å². The molecule has 21 heavy (non-hydrogen) atoms. The molecule has 1 atom stereocenters. The maximum absolute atomic E-state index is 11.9. The van der Waals surface area contributed by atoms with Crippen LogP contribution in [0.2, 0.25) is 0 Å². The van der Waals surface area contributed by atoms with Crippen LogP contribution in [-0.4, -0.2) is 42.8 Å². The molecule has 1 fully saturated rings. The zero-order valence-corrected chi connectivity index (χ0v) is 12.1. The first-order valence-electron chi connectivity index (χ1n) is 6.57. The van der Waals surface area contributed by atoms with Crippen molar-refractivity contribution in [3.8, 4) is 0 Å². The predicted molar refractivity (Wildman–Crippen MR) is 75.8 cm³/mol. The van der Waals surface area contributed by atoms with Crippen molar-refractivity contribution >= 4 is 29.5 Å². The second kappa shape index (κ2) is 5.68. The lowest BCUT2D eigenvalue weighted by Crippen LogP contribution is -2.43. The Kier molecular flexibility index (Phi) is 3.74. The number of fused-ring (bicyclic) bond motifs is 1. The van der Waals surface area contributed by atoms with E-state index < -0.39 is 11.3 Å². The van der Waals surface area contributed by atoms with Crippen molar-refractivity contribution < 1.29 is 9.59 Å². The Morgan fingerprint density at radius 2 is 2.29 bits per heavy atom. The molecule has 0 saturated heterocycles. The van der Waals surface area contributed by atoms with E-state index in [1.165, 1.54) is 16.3 Å². The molecule has 1 unspecified atom stereocenters. The first-order valence-corrected chi connectivity index (χ1v) is 7.45. The predicted octanol–water partition coefficient (Wildman–Crippen LogP) is 0.593. The molecule has 3 rings (SSSR count). The second-order valence-corrected chi connectivity index (χ2v) is 6.06. The minimum atomic E-state index is -0.479. The van der Waals surface area contributed by atoms with Gasteiger partial charge in [0.25, 0.3) is 5.78 Å². The molecule has 0 spiro atoms. The molecule has 1 saturated carbocycles. The standard InChI is InChI=1S/C12H14N6O2S/c1-7(9(19)15-11(20)14-8-3-4-8)21-12-16-10-13-5-2-6-18(10)17-12/h2,5-8H,3-4H2,1H3,(H2,14,15,19,20). The van der Waals surface area contributed by atoms with Gasteiger partial charge >= 0.3 is 6.03 Å². The Balaban J connectivity index is 1.57. The van der Waals surface area contributed by atoms with Gasteiger partial charge in [-0.05, 0) is 25.8 Å². The van der Waals surface area contributed by atoms with Crippen molar-refractivity contribution in [3.05, 3.63) is 18.5 Å². The Labute approximate surface area is 124 Å². The summed E-state index contributed by atoms with van der Waals surface area (Å²) >= 11 is 1.18. The van der Waals surface area contributed by atoms with Crippen LogP contribution in [0.15, 0.2) is 23.6 Å². The number of rotatable bonds is 4. The number of nitrogens with one attached hydrogen (secondary N) is 2. The molecule has 2 heterocycles. The van der Waals surface area contributed by atoms with E-state index >= 15 is 0 Å². The number of imide groups is 1. The number of carbonyl (C=O) groups is 2. The van der Waals surface area contributed by atoms with Crippen molar-refractivity contribution in [2.75, 3.05) is 0 Å². The number of carbonyl (C=O) groups excluding carboxylic acids is 2. The summed E-state index contributed by atoms with van der Waals surface area (Å²) in [4.78, 5) is 31.7. The average molecular weight is 306 g/mol. The molecule has 2 N–H and O–H groups in total. The Morgan fingerprint density at radius 1 is 1.48 bits per heavy atom. The maximum Gasteiger partial charge on any atom is 0.321 e. The van der Waals surface area contributed by atoms with Crippen molar-refractivity contribution in [2.24, 2.45) is 0 Å². The monoisotopic (exact) mass is 306 g/mol. The average Bonchev–Trinajstić information content (AvgIpc) is 3.15. The Morgan fingerprint density at radius 3 is 3.00 bits per heavy atom. The number of thioether (sulfide) groups is 1. The smallest absolute Gasteiger partial charge is 0.321 e. The molecule has 1 aliphatic rings. The third-order valence-corrected chi connectivity index (χ3v) is 3.85. The van der Waals surface area contributed by atoms with Crippen LogP contribution in [0.3, 0.4) is 0 Å². The van der Waals surface area contributed by atoms with E-state index in [9.17, 15) is 9.59 Å². The van der Waals surface area contributed by atoms with Crippen molar-refractivity contribution in [1.82, 2.24) is 30.2 Å². The van der Waals surface area contributed by atoms with Crippen molar-refractivity contribution in [1.29, 1.82) is 0 Å². The van der Waals surface area contributed by atoms with E-state index in [0.29, 0.717) is 10.9 Å². The first kappa shape index (κ1) is 13.8. The summed E-state index contributed by atoms with van der Waals surface area (Å²) in [7, 11) is 0. The van der Waals surface area contributed by atoms with Crippen LogP contribution >= 0.6 is 11.8 Å². The summed E-state index contributed by atoms with van der Waals surface area (Å²) in [6.45, 7) is 1.70. The van der Waals surface area contributed by atoms with Gasteiger partial charge in [-0.1, -0.05) is 11.8 Å². The van der Waals surface area contributed by atoms with E-state index in [0.717, 1.165) is 12.8 Å². The lowest BCUT2D eigenvalue weighted by molar-refractivity contribution is -0.119. The summed E-state index contributed by atoms with van der Waals surface area (Å²) in [5.41, 5.74) is 0. The second-order valence-electron chi connectivity index (χ2n) is 4.76. The highest BCUT2D eigenvalue weighted by Gasteiger charge is 2.25. The van der Waals surface area contributed by atoms with Gasteiger partial charge in [-0.25, -0.2) is 14.3 Å². The minimum Gasteiger partial charge on any atom is -0.335 e. The number of aromatic nitrogens is 4. The van der Waals surface area contributed by atoms with Crippen LogP contribution in [0.5, 0.6) is 0 Å². The number of amides is 3. The third kappa shape index (κ3) is 3.48. The normalized spacial score (nSPS) is 15.7. The molecule has 3 amide bonds. The molecule has 2 aromatic heterocycles. The van der Waals surface area contributed by atoms with Gasteiger partial charge in [0.05, 0.1) is 5.25 Å². The minimum absolute atomic E-state index is 0.215. The molecule has 8 nitrogen and oxygen atoms in total. The van der Waals surface area contributed by atoms with Crippen LogP contribution in [0, 0.1) is 0 Å². The molecular weight excluding hydrogens is 292 g/mol. The highest BCUT2D eigenvalue weighted by molar-refractivity contribution is 8.00. The van der Waals surface area contributed by atoms with Gasteiger partial charge in [0, 0.05) is 18.4 Å². The number of nitrogens with zero attached hydrogens (tertiary/aromatic N) is 4. The maximum atomic E-state index is 11.9. The number of hydrogen-bond acceptors (Lipinski definition) is 6. The Hall–Kier alpha value is -2.16. The quantitative estimate of drug-likeness (QED) is 0.802. The zero-order valence-electron chi connectivity index (χ0n) is 11.3. The van der Waals surface area contributed by atoms with E-state index in [-0.39, 0.29) is 11.9 Å². The third-order valence-electron chi connectivity index (χ3n) is 2.90. The van der Waals surface area contributed by atoms with E-state index in [4.69, 9.17) is 0 Å². The molecule has 0 aromatic carbocycles. The van der Waals surface area contributed by atoms with Crippen LogP contribution in [0.4, 0.5) is 4.79 Å². The SMILES string of the molecule is CC(Sc1nc2ncccn2n1)C(=O)NC(=O)NC1CC1. The molecule has 0 radical (unpaired) electrons. The van der Waals surface area contributed by atoms with Crippen molar-refractivity contribution in [2.45, 2.75) is 36.2 Å². The van der Waals surface area contributed by atoms with Gasteiger partial charge in [-0.2, -0.15) is 4.98 Å². The molecule has 0 bridgehead atoms. The van der Waals surface area contributed by atoms with Crippen LogP contribution in [-0.2, 0) is 4.79 Å². The summed E-state index contributed by atoms with van der Waals surface area (Å²) in [6.07, 6.45) is 5.30. The lowest BCUT2D eigenvalue weighted by atomic mass is 10.4. The summed E-state index contributed by atoms with van der Waals surface area (Å²) in [6, 6.07) is 1.51. The summed E-state index contributed by atoms with van der Waals surface area (Å²) < 4.78 is 1.53. The van der Waals surface area contributed by atoms with E-state index in [2.05, 4.69) is 25.7 Å². The molecule has 1 aliphatic carbocycles. The number of hydrogen-bond donors (Lipinski definition) is 2. The zero-order chi connectivity index (χ0) is 14.8. The van der Waals surface area contributed by atoms with Gasteiger partial charge in [-0.3, -0.25) is 10.1 Å². The molecular formula is C12H14N6O2S.